The fourth-order valence-electron chi connectivity index (χ4n) is 2.73. The first kappa shape index (κ1) is 16.3. The number of furan rings is 1. The van der Waals surface area contributed by atoms with Gasteiger partial charge in [-0.15, -0.1) is 0 Å². The smallest absolute Gasteiger partial charge is 0.169 e. The number of nitrogens with one attached hydrogen (secondary N) is 1. The monoisotopic (exact) mass is 336 g/mol. The van der Waals surface area contributed by atoms with Gasteiger partial charge in [0.15, 0.2) is 5.11 Å². The molecule has 3 rings (SSSR count). The Kier molecular flexibility index (Phi) is 5.29. The van der Waals surface area contributed by atoms with Crippen LogP contribution in [0.4, 0.5) is 0 Å². The van der Waals surface area contributed by atoms with Gasteiger partial charge in [0.05, 0.1) is 18.8 Å². The van der Waals surface area contributed by atoms with Crippen molar-refractivity contribution < 1.29 is 4.42 Å². The molecule has 0 amide bonds. The van der Waals surface area contributed by atoms with Gasteiger partial charge < -0.3 is 14.6 Å². The second-order valence-corrected chi connectivity index (χ2v) is 5.96. The summed E-state index contributed by atoms with van der Waals surface area (Å²) >= 11 is 5.60. The maximum atomic E-state index is 5.60. The Morgan fingerprint density at radius 2 is 1.54 bits per heavy atom. The number of hydrogen-bond donors (Lipinski definition) is 1. The molecule has 24 heavy (non-hydrogen) atoms. The van der Waals surface area contributed by atoms with Gasteiger partial charge in [0.2, 0.25) is 0 Å². The quantitative estimate of drug-likeness (QED) is 0.700. The van der Waals surface area contributed by atoms with E-state index >= 15 is 0 Å². The van der Waals surface area contributed by atoms with Crippen LogP contribution in [0.2, 0.25) is 0 Å². The van der Waals surface area contributed by atoms with E-state index < -0.39 is 0 Å². The van der Waals surface area contributed by atoms with E-state index in [0.717, 1.165) is 5.76 Å². The van der Waals surface area contributed by atoms with Gasteiger partial charge in [-0.2, -0.15) is 0 Å². The van der Waals surface area contributed by atoms with Crippen molar-refractivity contribution >= 4 is 17.3 Å². The lowest BCUT2D eigenvalue weighted by Gasteiger charge is -2.31. The first-order chi connectivity index (χ1) is 11.8. The van der Waals surface area contributed by atoms with Crippen LogP contribution in [-0.4, -0.2) is 17.1 Å². The highest BCUT2D eigenvalue weighted by atomic mass is 32.1. The molecule has 1 N–H and O–H groups in total. The summed E-state index contributed by atoms with van der Waals surface area (Å²) in [6.45, 7) is 0.576. The van der Waals surface area contributed by atoms with Crippen molar-refractivity contribution in [2.45, 2.75) is 12.6 Å². The van der Waals surface area contributed by atoms with Crippen LogP contribution in [-0.2, 0) is 6.54 Å². The zero-order chi connectivity index (χ0) is 16.8. The minimum Gasteiger partial charge on any atom is -0.467 e. The zero-order valence-corrected chi connectivity index (χ0v) is 14.4. The third-order valence-corrected chi connectivity index (χ3v) is 4.36. The van der Waals surface area contributed by atoms with E-state index in [2.05, 4.69) is 58.7 Å². The highest BCUT2D eigenvalue weighted by Crippen LogP contribution is 2.27. The molecule has 0 saturated carbocycles. The van der Waals surface area contributed by atoms with E-state index in [1.165, 1.54) is 11.1 Å². The molecule has 0 spiro atoms. The number of hydrogen-bond acceptors (Lipinski definition) is 2. The predicted molar refractivity (Wildman–Crippen MR) is 101 cm³/mol. The van der Waals surface area contributed by atoms with Crippen molar-refractivity contribution in [2.75, 3.05) is 7.05 Å². The Morgan fingerprint density at radius 1 is 0.958 bits per heavy atom. The van der Waals surface area contributed by atoms with E-state index in [9.17, 15) is 0 Å². The lowest BCUT2D eigenvalue weighted by Crippen LogP contribution is -2.39. The second kappa shape index (κ2) is 7.79. The summed E-state index contributed by atoms with van der Waals surface area (Å²) in [6.07, 6.45) is 1.67. The molecule has 3 aromatic rings. The van der Waals surface area contributed by atoms with Crippen LogP contribution in [0.25, 0.3) is 0 Å². The molecule has 0 aliphatic carbocycles. The minimum atomic E-state index is 0.0593. The van der Waals surface area contributed by atoms with Gasteiger partial charge in [-0.3, -0.25) is 0 Å². The van der Waals surface area contributed by atoms with Crippen LogP contribution in [0.3, 0.4) is 0 Å². The Bertz CT molecular complexity index is 717. The topological polar surface area (TPSA) is 28.4 Å². The van der Waals surface area contributed by atoms with Gasteiger partial charge in [-0.1, -0.05) is 60.7 Å². The van der Waals surface area contributed by atoms with Crippen LogP contribution in [0, 0.1) is 0 Å². The number of rotatable bonds is 5. The van der Waals surface area contributed by atoms with Crippen LogP contribution in [0.5, 0.6) is 0 Å². The molecule has 1 heterocycles. The third kappa shape index (κ3) is 3.84. The second-order valence-electron chi connectivity index (χ2n) is 5.57. The van der Waals surface area contributed by atoms with E-state index in [4.69, 9.17) is 16.6 Å². The van der Waals surface area contributed by atoms with Gasteiger partial charge in [-0.05, 0) is 35.5 Å². The molecular formula is C20H20N2OS. The number of nitrogens with zero attached hydrogens (tertiary/aromatic N) is 1. The van der Waals surface area contributed by atoms with Crippen LogP contribution < -0.4 is 5.32 Å². The first-order valence-corrected chi connectivity index (χ1v) is 8.29. The molecule has 0 atom stereocenters. The summed E-state index contributed by atoms with van der Waals surface area (Å²) in [6, 6.07) is 24.6. The third-order valence-electron chi connectivity index (χ3n) is 3.93. The molecule has 3 nitrogen and oxygen atoms in total. The van der Waals surface area contributed by atoms with Gasteiger partial charge >= 0.3 is 0 Å². The van der Waals surface area contributed by atoms with E-state index in [1.807, 2.05) is 31.3 Å². The molecule has 0 saturated heterocycles. The number of benzene rings is 2. The summed E-state index contributed by atoms with van der Waals surface area (Å²) in [5.41, 5.74) is 2.40. The van der Waals surface area contributed by atoms with E-state index in [-0.39, 0.29) is 6.04 Å². The van der Waals surface area contributed by atoms with Gasteiger partial charge in [0.1, 0.15) is 5.76 Å². The lowest BCUT2D eigenvalue weighted by molar-refractivity contribution is 0.414. The summed E-state index contributed by atoms with van der Waals surface area (Å²) in [4.78, 5) is 2.09. The van der Waals surface area contributed by atoms with Crippen molar-refractivity contribution in [2.24, 2.45) is 0 Å². The van der Waals surface area contributed by atoms with Crippen LogP contribution in [0.15, 0.2) is 83.5 Å². The summed E-state index contributed by atoms with van der Waals surface area (Å²) < 4.78 is 5.35. The molecule has 0 radical (unpaired) electrons. The molecule has 4 heteroatoms. The Morgan fingerprint density at radius 3 is 2.04 bits per heavy atom. The molecule has 0 aliphatic heterocycles. The van der Waals surface area contributed by atoms with Gasteiger partial charge in [-0.25, -0.2) is 0 Å². The van der Waals surface area contributed by atoms with Crippen LogP contribution >= 0.6 is 12.2 Å². The Hall–Kier alpha value is -2.59. The summed E-state index contributed by atoms with van der Waals surface area (Å²) in [7, 11) is 2.02. The fraction of sp³-hybridized carbons (Fsp3) is 0.150. The van der Waals surface area contributed by atoms with Crippen molar-refractivity contribution in [1.29, 1.82) is 0 Å². The largest absolute Gasteiger partial charge is 0.467 e. The molecule has 0 bridgehead atoms. The fourth-order valence-corrected chi connectivity index (χ4v) is 2.91. The molecule has 0 aliphatic rings. The normalized spacial score (nSPS) is 10.6. The van der Waals surface area contributed by atoms with Crippen molar-refractivity contribution in [3.63, 3.8) is 0 Å². The molecule has 2 aromatic carbocycles. The van der Waals surface area contributed by atoms with Crippen molar-refractivity contribution in [3.8, 4) is 0 Å². The average Bonchev–Trinajstić information content (AvgIpc) is 3.15. The maximum absolute atomic E-state index is 5.60. The minimum absolute atomic E-state index is 0.0593. The highest BCUT2D eigenvalue weighted by Gasteiger charge is 2.21. The van der Waals surface area contributed by atoms with E-state index in [0.29, 0.717) is 11.7 Å². The zero-order valence-electron chi connectivity index (χ0n) is 13.6. The molecular weight excluding hydrogens is 316 g/mol. The van der Waals surface area contributed by atoms with Gasteiger partial charge in [0.25, 0.3) is 0 Å². The number of thiocarbonyl (C=S) groups is 1. The SMILES string of the molecule is CN(C(=S)NCc1ccco1)C(c1ccccc1)c1ccccc1. The average molecular weight is 336 g/mol. The van der Waals surface area contributed by atoms with E-state index in [1.54, 1.807) is 6.26 Å². The molecule has 0 fully saturated rings. The summed E-state index contributed by atoms with van der Waals surface area (Å²) in [5, 5.41) is 3.95. The standard InChI is InChI=1S/C20H20N2OS/c1-22(20(24)21-15-18-13-8-14-23-18)19(16-9-4-2-5-10-16)17-11-6-3-7-12-17/h2-14,19H,15H2,1H3,(H,21,24). The van der Waals surface area contributed by atoms with Gasteiger partial charge in [0, 0.05) is 7.05 Å². The predicted octanol–water partition coefficient (Wildman–Crippen LogP) is 4.38. The molecule has 122 valence electrons. The Labute approximate surface area is 147 Å². The van der Waals surface area contributed by atoms with Crippen molar-refractivity contribution in [3.05, 3.63) is 95.9 Å². The lowest BCUT2D eigenvalue weighted by atomic mass is 9.98. The molecule has 0 unspecified atom stereocenters. The molecule has 1 aromatic heterocycles. The van der Waals surface area contributed by atoms with Crippen LogP contribution in [0.1, 0.15) is 22.9 Å². The first-order valence-electron chi connectivity index (χ1n) is 7.88. The summed E-state index contributed by atoms with van der Waals surface area (Å²) in [5.74, 6) is 0.863. The Balaban J connectivity index is 1.81. The maximum Gasteiger partial charge on any atom is 0.169 e. The van der Waals surface area contributed by atoms with Crippen molar-refractivity contribution in [1.82, 2.24) is 10.2 Å². The highest BCUT2D eigenvalue weighted by molar-refractivity contribution is 7.80.